The van der Waals surface area contributed by atoms with Gasteiger partial charge in [0.1, 0.15) is 23.9 Å². The highest BCUT2D eigenvalue weighted by Gasteiger charge is 2.24. The topological polar surface area (TPSA) is 189 Å². The summed E-state index contributed by atoms with van der Waals surface area (Å²) < 4.78 is 10.5. The van der Waals surface area contributed by atoms with E-state index in [1.807, 2.05) is 19.1 Å². The van der Waals surface area contributed by atoms with Crippen LogP contribution in [0.25, 0.3) is 0 Å². The largest absolute Gasteiger partial charge is 0.514 e. The second kappa shape index (κ2) is 17.2. The molecule has 3 atom stereocenters. The first kappa shape index (κ1) is 35.9. The maximum absolute atomic E-state index is 12.7. The van der Waals surface area contributed by atoms with E-state index in [1.165, 1.54) is 13.8 Å². The summed E-state index contributed by atoms with van der Waals surface area (Å²) in [5, 5.41) is 10.4. The fraction of sp³-hybridized carbons (Fsp3) is 0.364. The number of anilines is 1. The van der Waals surface area contributed by atoms with E-state index in [-0.39, 0.29) is 31.8 Å². The number of carbonyl (C=O) groups excluding carboxylic acids is 7. The molecule has 3 rings (SSSR count). The van der Waals surface area contributed by atoms with Crippen molar-refractivity contribution in [2.24, 2.45) is 0 Å². The van der Waals surface area contributed by atoms with Gasteiger partial charge in [0, 0.05) is 43.8 Å². The summed E-state index contributed by atoms with van der Waals surface area (Å²) in [6, 6.07) is 11.7. The first-order valence-electron chi connectivity index (χ1n) is 15.1. The van der Waals surface area contributed by atoms with E-state index in [4.69, 9.17) is 9.47 Å². The number of carbonyl (C=O) groups is 7. The van der Waals surface area contributed by atoms with Crippen LogP contribution in [0.2, 0.25) is 0 Å². The van der Waals surface area contributed by atoms with Gasteiger partial charge in [0.15, 0.2) is 0 Å². The molecule has 0 fully saturated rings. The first-order chi connectivity index (χ1) is 22.3. The molecule has 1 aliphatic rings. The average Bonchev–Trinajstić information content (AvgIpc) is 3.35. The Balaban J connectivity index is 1.32. The van der Waals surface area contributed by atoms with E-state index in [2.05, 4.69) is 21.3 Å². The molecule has 1 aliphatic heterocycles. The summed E-state index contributed by atoms with van der Waals surface area (Å²) in [5.41, 5.74) is 2.15. The lowest BCUT2D eigenvalue weighted by Crippen LogP contribution is -2.50. The number of amides is 6. The Labute approximate surface area is 272 Å². The molecule has 3 unspecified atom stereocenters. The number of ether oxygens (including phenoxy) is 2. The van der Waals surface area contributed by atoms with Crippen molar-refractivity contribution in [3.05, 3.63) is 71.8 Å². The van der Waals surface area contributed by atoms with Crippen molar-refractivity contribution in [2.75, 3.05) is 18.4 Å². The standard InChI is InChI=1S/C33H39N5O9/c1-20-7-13-26(14-8-20)47-33(45)46-23(4)24-9-11-25(12-10-24)37-32(44)22(3)36-31(43)21(2)35-28(40)6-5-18-34-27(39)17-19-38-29(41)15-16-30(38)42/h7-16,21-23H,5-6,17-19H2,1-4H3,(H,34,39)(H,35,40)(H,36,43)(H,37,44). The average molecular weight is 650 g/mol. The van der Waals surface area contributed by atoms with E-state index in [0.29, 0.717) is 23.4 Å². The lowest BCUT2D eigenvalue weighted by atomic mass is 10.1. The third-order valence-corrected chi connectivity index (χ3v) is 7.03. The van der Waals surface area contributed by atoms with Crippen LogP contribution in [-0.4, -0.2) is 71.7 Å². The Morgan fingerprint density at radius 1 is 0.766 bits per heavy atom. The van der Waals surface area contributed by atoms with Gasteiger partial charge in [0.25, 0.3) is 11.8 Å². The molecule has 0 spiro atoms. The van der Waals surface area contributed by atoms with Crippen LogP contribution in [0.4, 0.5) is 10.5 Å². The second-order valence-electron chi connectivity index (χ2n) is 10.9. The molecule has 0 saturated heterocycles. The zero-order chi connectivity index (χ0) is 34.5. The van der Waals surface area contributed by atoms with Crippen LogP contribution in [0.5, 0.6) is 5.75 Å². The summed E-state index contributed by atoms with van der Waals surface area (Å²) >= 11 is 0. The van der Waals surface area contributed by atoms with E-state index < -0.39 is 53.9 Å². The van der Waals surface area contributed by atoms with Crippen LogP contribution in [0.3, 0.4) is 0 Å². The summed E-state index contributed by atoms with van der Waals surface area (Å²) in [5.74, 6) is -2.39. The van der Waals surface area contributed by atoms with Gasteiger partial charge in [-0.1, -0.05) is 29.8 Å². The molecule has 14 heteroatoms. The van der Waals surface area contributed by atoms with Gasteiger partial charge in [0.05, 0.1) is 0 Å². The van der Waals surface area contributed by atoms with Crippen LogP contribution in [-0.2, 0) is 33.5 Å². The van der Waals surface area contributed by atoms with Gasteiger partial charge in [-0.05, 0) is 63.9 Å². The molecule has 47 heavy (non-hydrogen) atoms. The van der Waals surface area contributed by atoms with Crippen molar-refractivity contribution in [3.63, 3.8) is 0 Å². The van der Waals surface area contributed by atoms with Crippen molar-refractivity contribution in [1.82, 2.24) is 20.9 Å². The molecule has 4 N–H and O–H groups in total. The summed E-state index contributed by atoms with van der Waals surface area (Å²) in [6.45, 7) is 6.75. The highest BCUT2D eigenvalue weighted by molar-refractivity contribution is 6.13. The molecule has 250 valence electrons. The monoisotopic (exact) mass is 649 g/mol. The smallest absolute Gasteiger partial charge is 0.426 e. The molecule has 0 aliphatic carbocycles. The minimum absolute atomic E-state index is 0.0316. The van der Waals surface area contributed by atoms with Crippen LogP contribution in [0, 0.1) is 6.92 Å². The lowest BCUT2D eigenvalue weighted by molar-refractivity contribution is -0.137. The van der Waals surface area contributed by atoms with Gasteiger partial charge < -0.3 is 30.7 Å². The minimum atomic E-state index is -0.921. The molecule has 1 heterocycles. The molecule has 14 nitrogen and oxygen atoms in total. The molecular weight excluding hydrogens is 610 g/mol. The number of imide groups is 1. The van der Waals surface area contributed by atoms with Gasteiger partial charge in [-0.3, -0.25) is 33.7 Å². The van der Waals surface area contributed by atoms with E-state index in [0.717, 1.165) is 22.6 Å². The third kappa shape index (κ3) is 11.7. The maximum atomic E-state index is 12.7. The summed E-state index contributed by atoms with van der Waals surface area (Å²) in [7, 11) is 0. The van der Waals surface area contributed by atoms with Gasteiger partial charge in [0.2, 0.25) is 23.6 Å². The van der Waals surface area contributed by atoms with E-state index in [9.17, 15) is 33.6 Å². The number of hydrogen-bond acceptors (Lipinski definition) is 9. The Hall–Kier alpha value is -5.53. The van der Waals surface area contributed by atoms with Gasteiger partial charge in [-0.15, -0.1) is 0 Å². The van der Waals surface area contributed by atoms with Crippen molar-refractivity contribution >= 4 is 47.3 Å². The Morgan fingerprint density at radius 3 is 2.02 bits per heavy atom. The highest BCUT2D eigenvalue weighted by Crippen LogP contribution is 2.21. The zero-order valence-corrected chi connectivity index (χ0v) is 26.7. The van der Waals surface area contributed by atoms with Gasteiger partial charge in [-0.25, -0.2) is 4.79 Å². The molecule has 0 aromatic heterocycles. The van der Waals surface area contributed by atoms with Crippen LogP contribution < -0.4 is 26.0 Å². The van der Waals surface area contributed by atoms with Gasteiger partial charge in [-0.2, -0.15) is 0 Å². The maximum Gasteiger partial charge on any atom is 0.514 e. The number of nitrogens with zero attached hydrogens (tertiary/aromatic N) is 1. The highest BCUT2D eigenvalue weighted by atomic mass is 16.7. The fourth-order valence-corrected chi connectivity index (χ4v) is 4.24. The van der Waals surface area contributed by atoms with Crippen molar-refractivity contribution < 1.29 is 43.0 Å². The quantitative estimate of drug-likeness (QED) is 0.0972. The number of nitrogens with one attached hydrogen (secondary N) is 4. The zero-order valence-electron chi connectivity index (χ0n) is 26.7. The molecular formula is C33H39N5O9. The number of hydrogen-bond donors (Lipinski definition) is 4. The summed E-state index contributed by atoms with van der Waals surface area (Å²) in [6.07, 6.45) is 1.11. The summed E-state index contributed by atoms with van der Waals surface area (Å²) in [4.78, 5) is 85.5. The van der Waals surface area contributed by atoms with Gasteiger partial charge >= 0.3 is 6.16 Å². The van der Waals surface area contributed by atoms with Crippen LogP contribution in [0.1, 0.15) is 57.3 Å². The van der Waals surface area contributed by atoms with Crippen molar-refractivity contribution in [3.8, 4) is 5.75 Å². The fourth-order valence-electron chi connectivity index (χ4n) is 4.24. The molecule has 6 amide bonds. The Morgan fingerprint density at radius 2 is 1.38 bits per heavy atom. The second-order valence-corrected chi connectivity index (χ2v) is 10.9. The molecule has 0 radical (unpaired) electrons. The van der Waals surface area contributed by atoms with Crippen LogP contribution in [0.15, 0.2) is 60.7 Å². The molecule has 2 aromatic rings. The van der Waals surface area contributed by atoms with E-state index >= 15 is 0 Å². The predicted molar refractivity (Wildman–Crippen MR) is 170 cm³/mol. The minimum Gasteiger partial charge on any atom is -0.426 e. The van der Waals surface area contributed by atoms with Crippen molar-refractivity contribution in [2.45, 2.75) is 65.1 Å². The molecule has 0 saturated carbocycles. The van der Waals surface area contributed by atoms with Crippen LogP contribution >= 0.6 is 0 Å². The van der Waals surface area contributed by atoms with E-state index in [1.54, 1.807) is 43.3 Å². The third-order valence-electron chi connectivity index (χ3n) is 7.03. The number of rotatable bonds is 15. The predicted octanol–water partition coefficient (Wildman–Crippen LogP) is 2.43. The normalized spacial score (nSPS) is 14.1. The number of benzene rings is 2. The Kier molecular flexibility index (Phi) is 13.2. The van der Waals surface area contributed by atoms with Crippen molar-refractivity contribution in [1.29, 1.82) is 0 Å². The lowest BCUT2D eigenvalue weighted by Gasteiger charge is -2.19. The molecule has 0 bridgehead atoms. The molecule has 2 aromatic carbocycles. The SMILES string of the molecule is Cc1ccc(OC(=O)OC(C)c2ccc(NC(=O)C(C)NC(=O)C(C)NC(=O)CCCNC(=O)CCN3C(=O)C=CC3=O)cc2)cc1. The Bertz CT molecular complexity index is 1490. The number of aryl methyl sites for hydroxylation is 1. The first-order valence-corrected chi connectivity index (χ1v) is 15.1.